The summed E-state index contributed by atoms with van der Waals surface area (Å²) in [6.07, 6.45) is 18.5. The molecule has 2 atom stereocenters. The van der Waals surface area contributed by atoms with Crippen LogP contribution in [0.1, 0.15) is 129 Å². The minimum absolute atomic E-state index is 0.363. The molecule has 2 N–H and O–H groups in total. The molecule has 0 spiro atoms. The van der Waals surface area contributed by atoms with E-state index in [9.17, 15) is 18.1 Å². The van der Waals surface area contributed by atoms with Crippen molar-refractivity contribution < 1.29 is 18.1 Å². The van der Waals surface area contributed by atoms with E-state index in [1.54, 1.807) is 0 Å². The highest BCUT2D eigenvalue weighted by molar-refractivity contribution is 7.86. The van der Waals surface area contributed by atoms with Gasteiger partial charge in [0.1, 0.15) is 0 Å². The number of hydrogen-bond donors (Lipinski definition) is 2. The molecule has 0 fully saturated rings. The molecule has 0 radical (unpaired) electrons. The molecule has 0 amide bonds. The summed E-state index contributed by atoms with van der Waals surface area (Å²) in [7, 11) is -4.01. The van der Waals surface area contributed by atoms with Crippen molar-refractivity contribution in [2.24, 2.45) is 0 Å². The average Bonchev–Trinajstić information content (AvgIpc) is 2.62. The number of aliphatic hydroxyl groups is 1. The van der Waals surface area contributed by atoms with Crippen LogP contribution in [0.25, 0.3) is 0 Å². The van der Waals surface area contributed by atoms with Gasteiger partial charge in [0.15, 0.2) is 0 Å². The van der Waals surface area contributed by atoms with Gasteiger partial charge >= 0.3 is 0 Å². The van der Waals surface area contributed by atoms with E-state index in [0.29, 0.717) is 25.7 Å². The van der Waals surface area contributed by atoms with E-state index in [1.165, 1.54) is 57.8 Å². The molecule has 0 aromatic rings. The van der Waals surface area contributed by atoms with Crippen molar-refractivity contribution in [1.29, 1.82) is 0 Å². The number of hydrogen-bond acceptors (Lipinski definition) is 3. The molecule has 4 nitrogen and oxygen atoms in total. The highest BCUT2D eigenvalue weighted by Gasteiger charge is 2.23. The van der Waals surface area contributed by atoms with Crippen molar-refractivity contribution in [2.45, 2.75) is 141 Å². The molecule has 0 aliphatic carbocycles. The summed E-state index contributed by atoms with van der Waals surface area (Å²) >= 11 is 0. The van der Waals surface area contributed by atoms with Crippen LogP contribution >= 0.6 is 0 Å². The lowest BCUT2D eigenvalue weighted by atomic mass is 10.0. The van der Waals surface area contributed by atoms with Crippen LogP contribution in [0.5, 0.6) is 0 Å². The molecular formula is C22H46O4S. The highest BCUT2D eigenvalue weighted by atomic mass is 32.2. The fourth-order valence-corrected chi connectivity index (χ4v) is 4.52. The molecule has 0 aliphatic rings. The molecule has 0 saturated heterocycles. The SMILES string of the molecule is CCCCCCCCCCCCCCC(CCC(O)CCCC)S(=O)(=O)O. The minimum atomic E-state index is -4.01. The van der Waals surface area contributed by atoms with Gasteiger partial charge in [-0.1, -0.05) is 104 Å². The summed E-state index contributed by atoms with van der Waals surface area (Å²) in [4.78, 5) is 0. The Hall–Kier alpha value is -0.130. The van der Waals surface area contributed by atoms with Gasteiger partial charge in [0.25, 0.3) is 10.1 Å². The van der Waals surface area contributed by atoms with Crippen molar-refractivity contribution in [2.75, 3.05) is 0 Å². The number of unbranched alkanes of at least 4 members (excludes halogenated alkanes) is 12. The van der Waals surface area contributed by atoms with Crippen LogP contribution in [0, 0.1) is 0 Å². The van der Waals surface area contributed by atoms with Crippen molar-refractivity contribution in [3.8, 4) is 0 Å². The molecule has 0 rings (SSSR count). The van der Waals surface area contributed by atoms with Crippen molar-refractivity contribution in [3.05, 3.63) is 0 Å². The molecule has 0 heterocycles. The second-order valence-electron chi connectivity index (χ2n) is 8.19. The van der Waals surface area contributed by atoms with Gasteiger partial charge in [-0.05, 0) is 25.7 Å². The smallest absolute Gasteiger partial charge is 0.267 e. The van der Waals surface area contributed by atoms with Gasteiger partial charge in [-0.15, -0.1) is 0 Å². The zero-order chi connectivity index (χ0) is 20.4. The third-order valence-electron chi connectivity index (χ3n) is 5.51. The van der Waals surface area contributed by atoms with Gasteiger partial charge in [-0.3, -0.25) is 4.55 Å². The average molecular weight is 407 g/mol. The summed E-state index contributed by atoms with van der Waals surface area (Å²) in [6.45, 7) is 4.32. The van der Waals surface area contributed by atoms with Crippen LogP contribution in [0.2, 0.25) is 0 Å². The molecule has 27 heavy (non-hydrogen) atoms. The van der Waals surface area contributed by atoms with E-state index in [4.69, 9.17) is 0 Å². The molecule has 0 saturated carbocycles. The standard InChI is InChI=1S/C22H46O4S/c1-3-5-7-8-9-10-11-12-13-14-15-16-18-22(27(24,25)26)20-19-21(23)17-6-4-2/h21-23H,3-20H2,1-2H3,(H,24,25,26). The fraction of sp³-hybridized carbons (Fsp3) is 1.00. The molecular weight excluding hydrogens is 360 g/mol. The lowest BCUT2D eigenvalue weighted by Crippen LogP contribution is -2.22. The maximum Gasteiger partial charge on any atom is 0.267 e. The third kappa shape index (κ3) is 17.7. The van der Waals surface area contributed by atoms with E-state index < -0.39 is 21.5 Å². The Morgan fingerprint density at radius 3 is 1.48 bits per heavy atom. The first-order valence-corrected chi connectivity index (χ1v) is 13.1. The monoisotopic (exact) mass is 406 g/mol. The lowest BCUT2D eigenvalue weighted by molar-refractivity contribution is 0.148. The Bertz CT molecular complexity index is 409. The molecule has 0 aliphatic heterocycles. The van der Waals surface area contributed by atoms with Crippen LogP contribution in [0.3, 0.4) is 0 Å². The normalized spacial score (nSPS) is 14.4. The first-order chi connectivity index (χ1) is 12.9. The quantitative estimate of drug-likeness (QED) is 0.175. The summed E-state index contributed by atoms with van der Waals surface area (Å²) in [6, 6.07) is 0. The maximum absolute atomic E-state index is 11.6. The molecule has 0 aromatic carbocycles. The van der Waals surface area contributed by atoms with Gasteiger partial charge in [0.05, 0.1) is 11.4 Å². The van der Waals surface area contributed by atoms with E-state index in [-0.39, 0.29) is 0 Å². The summed E-state index contributed by atoms with van der Waals surface area (Å²) in [5.41, 5.74) is 0. The Balaban J connectivity index is 3.71. The van der Waals surface area contributed by atoms with Gasteiger partial charge < -0.3 is 5.11 Å². The lowest BCUT2D eigenvalue weighted by Gasteiger charge is -2.16. The first kappa shape index (κ1) is 26.9. The van der Waals surface area contributed by atoms with Crippen LogP contribution in [-0.4, -0.2) is 29.4 Å². The van der Waals surface area contributed by atoms with Gasteiger partial charge in [-0.2, -0.15) is 8.42 Å². The maximum atomic E-state index is 11.6. The predicted octanol–water partition coefficient (Wildman–Crippen LogP) is 6.67. The van der Waals surface area contributed by atoms with E-state index in [0.717, 1.165) is 32.1 Å². The van der Waals surface area contributed by atoms with E-state index >= 15 is 0 Å². The minimum Gasteiger partial charge on any atom is -0.393 e. The Labute approximate surface area is 169 Å². The van der Waals surface area contributed by atoms with Gasteiger partial charge in [-0.25, -0.2) is 0 Å². The molecule has 2 unspecified atom stereocenters. The summed E-state index contributed by atoms with van der Waals surface area (Å²) < 4.78 is 32.6. The van der Waals surface area contributed by atoms with Crippen LogP contribution in [0.15, 0.2) is 0 Å². The second kappa shape index (κ2) is 17.9. The van der Waals surface area contributed by atoms with E-state index in [1.807, 2.05) is 0 Å². The zero-order valence-corrected chi connectivity index (χ0v) is 18.8. The van der Waals surface area contributed by atoms with Gasteiger partial charge in [0, 0.05) is 0 Å². The predicted molar refractivity (Wildman–Crippen MR) is 116 cm³/mol. The highest BCUT2D eigenvalue weighted by Crippen LogP contribution is 2.19. The zero-order valence-electron chi connectivity index (χ0n) is 18.0. The summed E-state index contributed by atoms with van der Waals surface area (Å²) in [5.74, 6) is 0. The first-order valence-electron chi connectivity index (χ1n) is 11.6. The second-order valence-corrected chi connectivity index (χ2v) is 9.88. The largest absolute Gasteiger partial charge is 0.393 e. The topological polar surface area (TPSA) is 74.6 Å². The summed E-state index contributed by atoms with van der Waals surface area (Å²) in [5, 5.41) is 9.18. The van der Waals surface area contributed by atoms with E-state index in [2.05, 4.69) is 13.8 Å². The van der Waals surface area contributed by atoms with Gasteiger partial charge in [0.2, 0.25) is 0 Å². The number of aliphatic hydroxyl groups excluding tert-OH is 1. The van der Waals surface area contributed by atoms with Crippen LogP contribution in [-0.2, 0) is 10.1 Å². The Morgan fingerprint density at radius 1 is 0.593 bits per heavy atom. The third-order valence-corrected chi connectivity index (χ3v) is 6.83. The van der Waals surface area contributed by atoms with Crippen molar-refractivity contribution in [1.82, 2.24) is 0 Å². The fourth-order valence-electron chi connectivity index (χ4n) is 3.62. The Kier molecular flexibility index (Phi) is 17.8. The van der Waals surface area contributed by atoms with Crippen molar-refractivity contribution in [3.63, 3.8) is 0 Å². The molecule has 5 heteroatoms. The van der Waals surface area contributed by atoms with Crippen LogP contribution < -0.4 is 0 Å². The Morgan fingerprint density at radius 2 is 1.04 bits per heavy atom. The molecule has 0 aromatic heterocycles. The molecule has 0 bridgehead atoms. The number of rotatable bonds is 20. The van der Waals surface area contributed by atoms with Crippen LogP contribution in [0.4, 0.5) is 0 Å². The van der Waals surface area contributed by atoms with Crippen molar-refractivity contribution >= 4 is 10.1 Å². The molecule has 164 valence electrons.